The van der Waals surface area contributed by atoms with Crippen molar-refractivity contribution in [3.63, 3.8) is 0 Å². The van der Waals surface area contributed by atoms with Crippen LogP contribution in [0.5, 0.6) is 0 Å². The Bertz CT molecular complexity index is 332. The van der Waals surface area contributed by atoms with Crippen LogP contribution in [0.3, 0.4) is 0 Å². The van der Waals surface area contributed by atoms with Crippen LogP contribution in [0.4, 0.5) is 4.79 Å². The van der Waals surface area contributed by atoms with Gasteiger partial charge >= 0.3 is 6.09 Å². The first-order valence-corrected chi connectivity index (χ1v) is 8.63. The SMILES string of the molecule is CC(C)(C)OC(=O)NCCC1CNCC1C1CCCCC1. The minimum Gasteiger partial charge on any atom is -0.444 e. The average molecular weight is 296 g/mol. The molecule has 1 amide bonds. The second-order valence-electron chi connectivity index (χ2n) is 7.70. The Hall–Kier alpha value is -0.770. The van der Waals surface area contributed by atoms with Gasteiger partial charge in [0.1, 0.15) is 5.60 Å². The van der Waals surface area contributed by atoms with Crippen LogP contribution in [0, 0.1) is 17.8 Å². The summed E-state index contributed by atoms with van der Waals surface area (Å²) >= 11 is 0. The fraction of sp³-hybridized carbons (Fsp3) is 0.941. The van der Waals surface area contributed by atoms with E-state index in [2.05, 4.69) is 10.6 Å². The molecule has 2 atom stereocenters. The van der Waals surface area contributed by atoms with Gasteiger partial charge in [0.15, 0.2) is 0 Å². The molecule has 1 aliphatic carbocycles. The third-order valence-corrected chi connectivity index (χ3v) is 4.83. The van der Waals surface area contributed by atoms with E-state index in [4.69, 9.17) is 4.74 Å². The molecule has 21 heavy (non-hydrogen) atoms. The number of amides is 1. The number of alkyl carbamates (subject to hydrolysis) is 1. The van der Waals surface area contributed by atoms with E-state index in [0.717, 1.165) is 31.3 Å². The van der Waals surface area contributed by atoms with Gasteiger partial charge in [0.2, 0.25) is 0 Å². The monoisotopic (exact) mass is 296 g/mol. The summed E-state index contributed by atoms with van der Waals surface area (Å²) in [7, 11) is 0. The lowest BCUT2D eigenvalue weighted by molar-refractivity contribution is 0.0523. The lowest BCUT2D eigenvalue weighted by atomic mass is 9.75. The number of carbonyl (C=O) groups is 1. The predicted octanol–water partition coefficient (Wildman–Crippen LogP) is 3.32. The van der Waals surface area contributed by atoms with Crippen molar-refractivity contribution < 1.29 is 9.53 Å². The molecule has 0 bridgehead atoms. The molecule has 0 radical (unpaired) electrons. The summed E-state index contributed by atoms with van der Waals surface area (Å²) < 4.78 is 5.28. The molecular weight excluding hydrogens is 264 g/mol. The molecule has 0 spiro atoms. The molecule has 1 saturated carbocycles. The van der Waals surface area contributed by atoms with Crippen molar-refractivity contribution in [3.8, 4) is 0 Å². The first-order valence-electron chi connectivity index (χ1n) is 8.63. The molecule has 1 heterocycles. The van der Waals surface area contributed by atoms with Crippen LogP contribution in [-0.4, -0.2) is 31.3 Å². The molecule has 2 N–H and O–H groups in total. The molecule has 1 saturated heterocycles. The number of hydrogen-bond donors (Lipinski definition) is 2. The summed E-state index contributed by atoms with van der Waals surface area (Å²) in [6, 6.07) is 0. The van der Waals surface area contributed by atoms with Crippen LogP contribution in [-0.2, 0) is 4.74 Å². The van der Waals surface area contributed by atoms with E-state index < -0.39 is 5.60 Å². The fourth-order valence-corrected chi connectivity index (χ4v) is 3.86. The first kappa shape index (κ1) is 16.6. The van der Waals surface area contributed by atoms with E-state index >= 15 is 0 Å². The number of rotatable bonds is 4. The molecule has 2 fully saturated rings. The minimum absolute atomic E-state index is 0.289. The van der Waals surface area contributed by atoms with E-state index in [0.29, 0.717) is 5.92 Å². The van der Waals surface area contributed by atoms with Crippen LogP contribution >= 0.6 is 0 Å². The Morgan fingerprint density at radius 1 is 1.19 bits per heavy atom. The average Bonchev–Trinajstić information content (AvgIpc) is 2.86. The Kier molecular flexibility index (Phi) is 5.91. The smallest absolute Gasteiger partial charge is 0.407 e. The zero-order valence-corrected chi connectivity index (χ0v) is 13.9. The van der Waals surface area contributed by atoms with Crippen molar-refractivity contribution in [2.75, 3.05) is 19.6 Å². The Morgan fingerprint density at radius 3 is 2.57 bits per heavy atom. The number of carbonyl (C=O) groups excluding carboxylic acids is 1. The van der Waals surface area contributed by atoms with Crippen LogP contribution in [0.25, 0.3) is 0 Å². The zero-order valence-electron chi connectivity index (χ0n) is 13.9. The third kappa shape index (κ3) is 5.50. The van der Waals surface area contributed by atoms with Crippen LogP contribution in [0.1, 0.15) is 59.3 Å². The van der Waals surface area contributed by atoms with Crippen molar-refractivity contribution in [1.82, 2.24) is 10.6 Å². The third-order valence-electron chi connectivity index (χ3n) is 4.83. The molecule has 4 nitrogen and oxygen atoms in total. The number of hydrogen-bond acceptors (Lipinski definition) is 3. The summed E-state index contributed by atoms with van der Waals surface area (Å²) in [5.74, 6) is 2.43. The van der Waals surface area contributed by atoms with Crippen molar-refractivity contribution in [1.29, 1.82) is 0 Å². The van der Waals surface area contributed by atoms with E-state index in [1.54, 1.807) is 0 Å². The Morgan fingerprint density at radius 2 is 1.90 bits per heavy atom. The molecule has 2 rings (SSSR count). The van der Waals surface area contributed by atoms with Gasteiger partial charge in [-0.05, 0) is 58.0 Å². The van der Waals surface area contributed by atoms with Gasteiger partial charge in [0.25, 0.3) is 0 Å². The summed E-state index contributed by atoms with van der Waals surface area (Å²) in [4.78, 5) is 11.7. The van der Waals surface area contributed by atoms with E-state index in [1.807, 2.05) is 20.8 Å². The maximum Gasteiger partial charge on any atom is 0.407 e. The van der Waals surface area contributed by atoms with Gasteiger partial charge in [-0.2, -0.15) is 0 Å². The molecule has 2 aliphatic rings. The normalized spacial score (nSPS) is 27.6. The standard InChI is InChI=1S/C17H32N2O2/c1-17(2,3)21-16(20)19-10-9-14-11-18-12-15(14)13-7-5-4-6-8-13/h13-15,18H,4-12H2,1-3H3,(H,19,20). The van der Waals surface area contributed by atoms with Crippen LogP contribution in [0.2, 0.25) is 0 Å². The van der Waals surface area contributed by atoms with Gasteiger partial charge in [-0.3, -0.25) is 0 Å². The van der Waals surface area contributed by atoms with Gasteiger partial charge in [0, 0.05) is 6.54 Å². The Balaban J connectivity index is 1.70. The maximum atomic E-state index is 11.7. The summed E-state index contributed by atoms with van der Waals surface area (Å²) in [5.41, 5.74) is -0.413. The van der Waals surface area contributed by atoms with Crippen molar-refractivity contribution >= 4 is 6.09 Å². The van der Waals surface area contributed by atoms with Gasteiger partial charge in [-0.1, -0.05) is 32.1 Å². The molecule has 2 unspecified atom stereocenters. The largest absolute Gasteiger partial charge is 0.444 e. The lowest BCUT2D eigenvalue weighted by Crippen LogP contribution is -2.34. The number of ether oxygens (including phenoxy) is 1. The van der Waals surface area contributed by atoms with Gasteiger partial charge in [-0.25, -0.2) is 4.79 Å². The second-order valence-corrected chi connectivity index (χ2v) is 7.70. The molecular formula is C17H32N2O2. The van der Waals surface area contributed by atoms with Gasteiger partial charge in [0.05, 0.1) is 0 Å². The summed E-state index contributed by atoms with van der Waals surface area (Å²) in [6.07, 6.45) is 7.82. The van der Waals surface area contributed by atoms with Crippen molar-refractivity contribution in [3.05, 3.63) is 0 Å². The highest BCUT2D eigenvalue weighted by Crippen LogP contribution is 2.36. The summed E-state index contributed by atoms with van der Waals surface area (Å²) in [5, 5.41) is 6.45. The molecule has 0 aromatic heterocycles. The van der Waals surface area contributed by atoms with E-state index in [1.165, 1.54) is 38.6 Å². The molecule has 1 aliphatic heterocycles. The second kappa shape index (κ2) is 7.48. The lowest BCUT2D eigenvalue weighted by Gasteiger charge is -2.31. The van der Waals surface area contributed by atoms with Gasteiger partial charge in [-0.15, -0.1) is 0 Å². The van der Waals surface area contributed by atoms with Crippen LogP contribution in [0.15, 0.2) is 0 Å². The molecule has 0 aromatic carbocycles. The zero-order chi connectivity index (χ0) is 15.3. The van der Waals surface area contributed by atoms with Crippen LogP contribution < -0.4 is 10.6 Å². The van der Waals surface area contributed by atoms with Crippen molar-refractivity contribution in [2.45, 2.75) is 64.9 Å². The fourth-order valence-electron chi connectivity index (χ4n) is 3.86. The highest BCUT2D eigenvalue weighted by Gasteiger charge is 2.33. The Labute approximate surface area is 129 Å². The topological polar surface area (TPSA) is 50.4 Å². The number of nitrogens with one attached hydrogen (secondary N) is 2. The highest BCUT2D eigenvalue weighted by molar-refractivity contribution is 5.67. The quantitative estimate of drug-likeness (QED) is 0.837. The summed E-state index contributed by atoms with van der Waals surface area (Å²) in [6.45, 7) is 8.69. The maximum absolute atomic E-state index is 11.7. The molecule has 122 valence electrons. The minimum atomic E-state index is -0.413. The first-order chi connectivity index (χ1) is 9.96. The van der Waals surface area contributed by atoms with Gasteiger partial charge < -0.3 is 15.4 Å². The van der Waals surface area contributed by atoms with E-state index in [-0.39, 0.29) is 6.09 Å². The van der Waals surface area contributed by atoms with Crippen molar-refractivity contribution in [2.24, 2.45) is 17.8 Å². The molecule has 0 aromatic rings. The molecule has 4 heteroatoms. The predicted molar refractivity (Wildman–Crippen MR) is 85.3 cm³/mol. The van der Waals surface area contributed by atoms with E-state index in [9.17, 15) is 4.79 Å². The highest BCUT2D eigenvalue weighted by atomic mass is 16.6.